The van der Waals surface area contributed by atoms with Crippen molar-refractivity contribution >= 4 is 43.3 Å². The van der Waals surface area contributed by atoms with E-state index in [0.717, 1.165) is 18.8 Å². The number of methoxy groups -OCH3 is 1. The van der Waals surface area contributed by atoms with Crippen LogP contribution < -0.4 is 20.0 Å². The first-order valence-electron chi connectivity index (χ1n) is 16.9. The Bertz CT molecular complexity index is 1500. The molecule has 2 N–H and O–H groups in total. The summed E-state index contributed by atoms with van der Waals surface area (Å²) in [4.78, 5) is 46.6. The molecule has 0 aromatic heterocycles. The van der Waals surface area contributed by atoms with Gasteiger partial charge in [0.2, 0.25) is 8.41 Å². The zero-order valence-corrected chi connectivity index (χ0v) is 28.8. The Hall–Kier alpha value is -3.32. The van der Waals surface area contributed by atoms with Crippen LogP contribution in [0.3, 0.4) is 0 Å². The van der Waals surface area contributed by atoms with Crippen LogP contribution in [0.25, 0.3) is 0 Å². The lowest BCUT2D eigenvalue weighted by Crippen LogP contribution is -2.55. The summed E-state index contributed by atoms with van der Waals surface area (Å²) in [6, 6.07) is 15.7. The van der Waals surface area contributed by atoms with Crippen LogP contribution >= 0.6 is 0 Å². The second-order valence-electron chi connectivity index (χ2n) is 13.9. The number of aliphatic hydroxyl groups excluding tert-OH is 1. The van der Waals surface area contributed by atoms with Gasteiger partial charge in [-0.1, -0.05) is 25.1 Å². The minimum absolute atomic E-state index is 0.0227. The number of fused-ring (bicyclic) bond motifs is 2. The number of hydrogen-bond donors (Lipinski definition) is 2. The first-order valence-corrected chi connectivity index (χ1v) is 19.8. The summed E-state index contributed by atoms with van der Waals surface area (Å²) in [6.45, 7) is 7.18. The summed E-state index contributed by atoms with van der Waals surface area (Å²) >= 11 is 0. The number of piperidine rings is 1. The van der Waals surface area contributed by atoms with Gasteiger partial charge in [-0.3, -0.25) is 19.3 Å². The van der Waals surface area contributed by atoms with E-state index in [0.29, 0.717) is 55.8 Å². The van der Waals surface area contributed by atoms with Crippen LogP contribution in [0.4, 0.5) is 21.2 Å². The Balaban J connectivity index is 1.41. The Morgan fingerprint density at radius 2 is 1.81 bits per heavy atom. The van der Waals surface area contributed by atoms with Crippen molar-refractivity contribution in [1.29, 1.82) is 0 Å². The highest BCUT2D eigenvalue weighted by Crippen LogP contribution is 2.60. The van der Waals surface area contributed by atoms with Crippen LogP contribution in [0.15, 0.2) is 48.5 Å². The number of unbranched alkanes of at least 4 members (excludes halogenated alkanes) is 1. The lowest BCUT2D eigenvalue weighted by Gasteiger charge is -2.39. The third kappa shape index (κ3) is 5.56. The van der Waals surface area contributed by atoms with Crippen molar-refractivity contribution in [1.82, 2.24) is 5.32 Å². The Kier molecular flexibility index (Phi) is 9.25. The number of benzene rings is 2. The standard InChI is InChI=1S/C35H47FN4O6Si/c1-24-31(47(3,4)36)29(15-21-41)46-35(24)27-22-26(13-14-28(27)38(33(35)44)20-9-8-12-30(42)45-2)39-23-40(25-10-6-5-7-11-25)34(32(39)43)16-18-37-19-17-34/h5-7,10-11,13-14,22,24,29,31,37,41H,8-9,12,15-21,23H2,1-4H3/t24-,29+,31-,35+/m0/s1. The Morgan fingerprint density at radius 3 is 2.47 bits per heavy atom. The number of anilines is 3. The van der Waals surface area contributed by atoms with Crippen LogP contribution in [0.1, 0.15) is 51.0 Å². The van der Waals surface area contributed by atoms with E-state index in [1.54, 1.807) is 18.0 Å². The number of nitrogens with zero attached hydrogens (tertiary/aromatic N) is 3. The van der Waals surface area contributed by atoms with Gasteiger partial charge in [-0.25, -0.2) is 0 Å². The highest BCUT2D eigenvalue weighted by Gasteiger charge is 2.66. The van der Waals surface area contributed by atoms with Crippen LogP contribution in [0.5, 0.6) is 0 Å². The molecule has 47 heavy (non-hydrogen) atoms. The second kappa shape index (κ2) is 12.9. The van der Waals surface area contributed by atoms with Crippen molar-refractivity contribution in [3.8, 4) is 0 Å². The van der Waals surface area contributed by atoms with Gasteiger partial charge in [0, 0.05) is 48.0 Å². The molecule has 4 aliphatic heterocycles. The molecule has 4 heterocycles. The van der Waals surface area contributed by atoms with Gasteiger partial charge in [-0.05, 0) is 88.6 Å². The second-order valence-corrected chi connectivity index (χ2v) is 17.7. The molecule has 3 fully saturated rings. The highest BCUT2D eigenvalue weighted by atomic mass is 28.4. The summed E-state index contributed by atoms with van der Waals surface area (Å²) < 4.78 is 27.6. The molecule has 10 nitrogen and oxygen atoms in total. The van der Waals surface area contributed by atoms with Crippen LogP contribution in [0, 0.1) is 5.92 Å². The molecule has 3 saturated heterocycles. The van der Waals surface area contributed by atoms with E-state index in [4.69, 9.17) is 9.47 Å². The minimum Gasteiger partial charge on any atom is -0.469 e. The molecule has 2 amide bonds. The molecule has 254 valence electrons. The number of nitrogens with one attached hydrogen (secondary N) is 1. The topological polar surface area (TPSA) is 112 Å². The van der Waals surface area contributed by atoms with Gasteiger partial charge in [0.15, 0.2) is 5.60 Å². The molecule has 4 aliphatic rings. The van der Waals surface area contributed by atoms with Gasteiger partial charge < -0.3 is 33.8 Å². The summed E-state index contributed by atoms with van der Waals surface area (Å²) in [5, 5.41) is 13.3. The number of aliphatic hydroxyl groups is 1. The van der Waals surface area contributed by atoms with E-state index >= 15 is 4.11 Å². The smallest absolute Gasteiger partial charge is 0.305 e. The van der Waals surface area contributed by atoms with Crippen LogP contribution in [-0.2, 0) is 29.5 Å². The van der Waals surface area contributed by atoms with Crippen LogP contribution in [0.2, 0.25) is 18.6 Å². The number of para-hydroxylation sites is 1. The molecule has 2 aromatic carbocycles. The monoisotopic (exact) mass is 666 g/mol. The van der Waals surface area contributed by atoms with E-state index < -0.39 is 37.1 Å². The fourth-order valence-electron chi connectivity index (χ4n) is 8.63. The zero-order chi connectivity index (χ0) is 33.6. The number of rotatable bonds is 10. The van der Waals surface area contributed by atoms with Crippen molar-refractivity contribution in [3.05, 3.63) is 54.1 Å². The van der Waals surface area contributed by atoms with Gasteiger partial charge in [0.25, 0.3) is 11.8 Å². The molecular weight excluding hydrogens is 619 g/mol. The number of esters is 1. The van der Waals surface area contributed by atoms with E-state index in [1.807, 2.05) is 60.4 Å². The maximum atomic E-state index is 16.0. The number of hydrogen-bond acceptors (Lipinski definition) is 8. The molecule has 2 aromatic rings. The molecule has 0 aliphatic carbocycles. The first kappa shape index (κ1) is 33.6. The van der Waals surface area contributed by atoms with Crippen molar-refractivity contribution < 1.29 is 33.1 Å². The predicted molar refractivity (Wildman–Crippen MR) is 181 cm³/mol. The van der Waals surface area contributed by atoms with Gasteiger partial charge in [0.05, 0.1) is 25.6 Å². The van der Waals surface area contributed by atoms with Crippen molar-refractivity contribution in [2.45, 2.75) is 81.3 Å². The normalized spacial score (nSPS) is 26.9. The largest absolute Gasteiger partial charge is 0.469 e. The van der Waals surface area contributed by atoms with Crippen molar-refractivity contribution in [2.24, 2.45) is 5.92 Å². The molecule has 0 unspecified atom stereocenters. The number of amides is 2. The minimum atomic E-state index is -3.36. The number of carbonyl (C=O) groups excluding carboxylic acids is 3. The Labute approximate surface area is 277 Å². The Morgan fingerprint density at radius 1 is 1.09 bits per heavy atom. The summed E-state index contributed by atoms with van der Waals surface area (Å²) in [5.74, 6) is -1.04. The predicted octanol–water partition coefficient (Wildman–Crippen LogP) is 4.47. The SMILES string of the molecule is COC(=O)CCCCN1C(=O)[C@]2(O[C@H](CCO)[C@@H]([Si](C)(C)F)[C@@H]2C)c2cc(N3CN(c4ccccc4)C4(CCNCC4)C3=O)ccc21. The van der Waals surface area contributed by atoms with Crippen molar-refractivity contribution in [2.75, 3.05) is 54.7 Å². The third-order valence-electron chi connectivity index (χ3n) is 10.9. The molecular formula is C35H47FN4O6Si. The molecule has 2 spiro atoms. The molecule has 4 atom stereocenters. The molecule has 0 radical (unpaired) electrons. The number of ether oxygens (including phenoxy) is 2. The van der Waals surface area contributed by atoms with E-state index in [2.05, 4.69) is 10.2 Å². The summed E-state index contributed by atoms with van der Waals surface area (Å²) in [5.41, 5.74) is 0.289. The summed E-state index contributed by atoms with van der Waals surface area (Å²) in [6.07, 6.45) is 2.30. The molecule has 0 bridgehead atoms. The molecule has 6 rings (SSSR count). The average molecular weight is 667 g/mol. The summed E-state index contributed by atoms with van der Waals surface area (Å²) in [7, 11) is -2.00. The quantitative estimate of drug-likeness (QED) is 0.166. The van der Waals surface area contributed by atoms with E-state index in [1.165, 1.54) is 7.11 Å². The highest BCUT2D eigenvalue weighted by molar-refractivity contribution is 6.72. The van der Waals surface area contributed by atoms with Gasteiger partial charge in [-0.15, -0.1) is 0 Å². The molecule has 0 saturated carbocycles. The van der Waals surface area contributed by atoms with E-state index in [-0.39, 0.29) is 37.2 Å². The molecule has 12 heteroatoms. The number of halogens is 1. The van der Waals surface area contributed by atoms with Gasteiger partial charge >= 0.3 is 5.97 Å². The fraction of sp³-hybridized carbons (Fsp3) is 0.571. The number of carbonyl (C=O) groups is 3. The van der Waals surface area contributed by atoms with Crippen LogP contribution in [-0.4, -0.2) is 83.0 Å². The van der Waals surface area contributed by atoms with E-state index in [9.17, 15) is 19.5 Å². The maximum Gasteiger partial charge on any atom is 0.305 e. The lowest BCUT2D eigenvalue weighted by molar-refractivity contribution is -0.146. The average Bonchev–Trinajstić information content (AvgIpc) is 3.60. The van der Waals surface area contributed by atoms with Gasteiger partial charge in [0.1, 0.15) is 5.54 Å². The zero-order valence-electron chi connectivity index (χ0n) is 27.8. The maximum absolute atomic E-state index is 16.0. The lowest BCUT2D eigenvalue weighted by atomic mass is 9.82. The fourth-order valence-corrected chi connectivity index (χ4v) is 11.2. The van der Waals surface area contributed by atoms with Crippen molar-refractivity contribution in [3.63, 3.8) is 0 Å². The first-order chi connectivity index (χ1) is 22.5. The third-order valence-corrected chi connectivity index (χ3v) is 13.3. The van der Waals surface area contributed by atoms with Gasteiger partial charge in [-0.2, -0.15) is 0 Å².